The molecule has 3 N–H and O–H groups in total. The summed E-state index contributed by atoms with van der Waals surface area (Å²) in [7, 11) is 0. The monoisotopic (exact) mass is 642 g/mol. The summed E-state index contributed by atoms with van der Waals surface area (Å²) in [6.45, 7) is 3.29. The van der Waals surface area contributed by atoms with Crippen molar-refractivity contribution in [3.8, 4) is 11.5 Å². The maximum Gasteiger partial charge on any atom is 0.251 e. The molecule has 0 bridgehead atoms. The lowest BCUT2D eigenvalue weighted by molar-refractivity contribution is -0.129. The summed E-state index contributed by atoms with van der Waals surface area (Å²) >= 11 is 0. The molecule has 4 fully saturated rings. The van der Waals surface area contributed by atoms with Crippen molar-refractivity contribution in [2.24, 2.45) is 5.73 Å². The van der Waals surface area contributed by atoms with Crippen LogP contribution in [-0.2, 0) is 20.9 Å². The van der Waals surface area contributed by atoms with E-state index in [0.717, 1.165) is 43.4 Å². The topological polar surface area (TPSA) is 131 Å². The van der Waals surface area contributed by atoms with Crippen LogP contribution in [-0.4, -0.2) is 71.8 Å². The molecule has 0 radical (unpaired) electrons. The summed E-state index contributed by atoms with van der Waals surface area (Å²) in [6.07, 6.45) is 6.47. The Morgan fingerprint density at radius 1 is 0.915 bits per heavy atom. The first-order valence-electron chi connectivity index (χ1n) is 16.6. The highest BCUT2D eigenvalue weighted by molar-refractivity contribution is 5.94. The number of ether oxygens (including phenoxy) is 2. The molecule has 0 aromatic heterocycles. The molecule has 10 heteroatoms. The van der Waals surface area contributed by atoms with Gasteiger partial charge in [0, 0.05) is 83.2 Å². The number of carbonyl (C=O) groups is 4. The number of hydrogen-bond donors (Lipinski definition) is 2. The third kappa shape index (κ3) is 8.37. The highest BCUT2D eigenvalue weighted by atomic mass is 16.5. The fourth-order valence-corrected chi connectivity index (χ4v) is 6.37. The van der Waals surface area contributed by atoms with Crippen LogP contribution in [0.2, 0.25) is 0 Å². The molecule has 4 amide bonds. The van der Waals surface area contributed by atoms with Crippen LogP contribution in [0.5, 0.6) is 11.5 Å². The van der Waals surface area contributed by atoms with Gasteiger partial charge in [-0.3, -0.25) is 19.2 Å². The molecule has 0 unspecified atom stereocenters. The molecule has 250 valence electrons. The number of rotatable bonds is 9. The summed E-state index contributed by atoms with van der Waals surface area (Å²) in [5, 5.41) is 3.04. The molecule has 47 heavy (non-hydrogen) atoms. The molecular formula is C37H46N4O6. The van der Waals surface area contributed by atoms with E-state index in [1.807, 2.05) is 40.1 Å². The van der Waals surface area contributed by atoms with E-state index in [1.165, 1.54) is 12.8 Å². The number of hydrogen-bond acceptors (Lipinski definition) is 6. The summed E-state index contributed by atoms with van der Waals surface area (Å²) in [5.41, 5.74) is 8.26. The maximum absolute atomic E-state index is 12.8. The van der Waals surface area contributed by atoms with Gasteiger partial charge in [-0.25, -0.2) is 0 Å². The second-order valence-corrected chi connectivity index (χ2v) is 12.7. The van der Waals surface area contributed by atoms with Crippen molar-refractivity contribution in [1.82, 2.24) is 15.1 Å². The number of likely N-dealkylation sites (tertiary alicyclic amines) is 2. The zero-order chi connectivity index (χ0) is 32.8. The minimum Gasteiger partial charge on any atom is -0.457 e. The molecule has 3 heterocycles. The Bertz CT molecular complexity index is 1600. The van der Waals surface area contributed by atoms with E-state index < -0.39 is 5.91 Å². The van der Waals surface area contributed by atoms with Gasteiger partial charge >= 0.3 is 0 Å². The maximum atomic E-state index is 12.8. The Labute approximate surface area is 278 Å². The highest BCUT2D eigenvalue weighted by Crippen LogP contribution is 2.33. The van der Waals surface area contributed by atoms with E-state index >= 15 is 0 Å². The molecule has 3 aromatic rings. The number of amides is 4. The first kappa shape index (κ1) is 32.2. The fraction of sp³-hybridized carbons (Fsp3) is 0.405. The van der Waals surface area contributed by atoms with Gasteiger partial charge in [0.15, 0.2) is 0 Å². The molecule has 3 aliphatic heterocycles. The largest absolute Gasteiger partial charge is 0.457 e. The van der Waals surface area contributed by atoms with Crippen LogP contribution in [0, 0.1) is 0 Å². The number of nitrogens with two attached hydrogens (primary N) is 1. The van der Waals surface area contributed by atoms with Gasteiger partial charge in [0.05, 0.1) is 0 Å². The van der Waals surface area contributed by atoms with Crippen molar-refractivity contribution in [3.05, 3.63) is 95.1 Å². The second-order valence-electron chi connectivity index (χ2n) is 12.7. The average molecular weight is 643 g/mol. The molecule has 1 aliphatic carbocycles. The lowest BCUT2D eigenvalue weighted by Crippen LogP contribution is -2.38. The molecule has 7 rings (SSSR count). The van der Waals surface area contributed by atoms with Crippen LogP contribution in [0.4, 0.5) is 0 Å². The zero-order valence-corrected chi connectivity index (χ0v) is 26.6. The Balaban J connectivity index is 0.000000423. The van der Waals surface area contributed by atoms with E-state index in [9.17, 15) is 19.2 Å². The number of nitrogens with one attached hydrogen (secondary N) is 1. The number of benzene rings is 3. The van der Waals surface area contributed by atoms with Crippen molar-refractivity contribution < 1.29 is 31.5 Å². The number of nitrogens with zero attached hydrogens (tertiary/aromatic N) is 2. The highest BCUT2D eigenvalue weighted by Gasteiger charge is 2.34. The quantitative estimate of drug-likeness (QED) is 0.327. The molecule has 4 aliphatic rings. The fourth-order valence-electron chi connectivity index (χ4n) is 6.37. The van der Waals surface area contributed by atoms with Gasteiger partial charge in [-0.15, -0.1) is 0 Å². The second kappa shape index (κ2) is 14.8. The van der Waals surface area contributed by atoms with Crippen LogP contribution in [0.15, 0.2) is 72.8 Å². The molecule has 0 spiro atoms. The minimum absolute atomic E-state index is 0. The van der Waals surface area contributed by atoms with E-state index in [2.05, 4.69) is 5.32 Å². The Kier molecular flexibility index (Phi) is 10.2. The van der Waals surface area contributed by atoms with Gasteiger partial charge in [-0.1, -0.05) is 36.4 Å². The number of carbonyl (C=O) groups excluding carboxylic acids is 4. The van der Waals surface area contributed by atoms with Crippen molar-refractivity contribution in [2.75, 3.05) is 26.3 Å². The predicted molar refractivity (Wildman–Crippen MR) is 180 cm³/mol. The summed E-state index contributed by atoms with van der Waals surface area (Å²) in [6, 6.07) is 22.6. The summed E-state index contributed by atoms with van der Waals surface area (Å²) in [5.74, 6) is 0.837. The number of primary amides is 1. The van der Waals surface area contributed by atoms with Gasteiger partial charge < -0.3 is 30.3 Å². The third-order valence-electron chi connectivity index (χ3n) is 9.20. The lowest BCUT2D eigenvalue weighted by Gasteiger charge is -2.23. The standard InChI is InChI=1S/C30H31N3O5.C7H11NO.2H2/c31-29(35)22-6-7-23(18-33-19-24(17-28(33)34)20-4-2-1-3-5-20)27(16-22)38-26-10-8-21(9-11-26)30(36)32-25-12-14-37-15-13-25;9-7-2-1-5-8(7)6-3-4-6;;/h1-11,16,24-25H,12-15,17-19H2,(H2,31,35)(H,32,36);6H,1-5H2;2*1H/t24-;;;/m1.../s1. The minimum atomic E-state index is -0.567. The predicted octanol–water partition coefficient (Wildman–Crippen LogP) is 5.27. The lowest BCUT2D eigenvalue weighted by atomic mass is 9.98. The van der Waals surface area contributed by atoms with E-state index in [0.29, 0.717) is 67.3 Å². The van der Waals surface area contributed by atoms with Crippen molar-refractivity contribution in [2.45, 2.75) is 69.5 Å². The Morgan fingerprint density at radius 3 is 2.30 bits per heavy atom. The van der Waals surface area contributed by atoms with Crippen LogP contribution in [0.3, 0.4) is 0 Å². The zero-order valence-electron chi connectivity index (χ0n) is 26.6. The van der Waals surface area contributed by atoms with Gasteiger partial charge in [0.1, 0.15) is 11.5 Å². The van der Waals surface area contributed by atoms with Gasteiger partial charge in [-0.05, 0) is 74.1 Å². The first-order chi connectivity index (χ1) is 22.8. The average Bonchev–Trinajstić information content (AvgIpc) is 3.74. The summed E-state index contributed by atoms with van der Waals surface area (Å²) in [4.78, 5) is 52.1. The van der Waals surface area contributed by atoms with Crippen molar-refractivity contribution in [3.63, 3.8) is 0 Å². The Morgan fingerprint density at radius 2 is 1.64 bits per heavy atom. The SMILES string of the molecule is NC(=O)c1ccc(CN2C[C@H](c3ccccc3)CC2=O)c(Oc2ccc(C(=O)NC3CCOCC3)cc2)c1.O=C1CCCN1C1CC1.[HH].[HH]. The van der Waals surface area contributed by atoms with Gasteiger partial charge in [0.25, 0.3) is 5.91 Å². The van der Waals surface area contributed by atoms with E-state index in [4.69, 9.17) is 15.2 Å². The molecular weight excluding hydrogens is 596 g/mol. The van der Waals surface area contributed by atoms with Crippen LogP contribution in [0.25, 0.3) is 0 Å². The molecule has 1 saturated carbocycles. The summed E-state index contributed by atoms with van der Waals surface area (Å²) < 4.78 is 11.5. The van der Waals surface area contributed by atoms with Crippen LogP contribution >= 0.6 is 0 Å². The third-order valence-corrected chi connectivity index (χ3v) is 9.20. The first-order valence-corrected chi connectivity index (χ1v) is 16.6. The smallest absolute Gasteiger partial charge is 0.251 e. The van der Waals surface area contributed by atoms with Crippen LogP contribution in [0.1, 0.15) is 85.6 Å². The van der Waals surface area contributed by atoms with Crippen LogP contribution < -0.4 is 15.8 Å². The van der Waals surface area contributed by atoms with Gasteiger partial charge in [0.2, 0.25) is 17.7 Å². The van der Waals surface area contributed by atoms with Crippen molar-refractivity contribution >= 4 is 23.6 Å². The molecule has 10 nitrogen and oxygen atoms in total. The van der Waals surface area contributed by atoms with E-state index in [1.54, 1.807) is 42.5 Å². The molecule has 3 aromatic carbocycles. The molecule has 1 atom stereocenters. The normalized spacial score (nSPS) is 19.7. The van der Waals surface area contributed by atoms with Gasteiger partial charge in [-0.2, -0.15) is 0 Å². The Hall–Kier alpha value is -4.70. The molecule has 3 saturated heterocycles. The van der Waals surface area contributed by atoms with Crippen molar-refractivity contribution in [1.29, 1.82) is 0 Å². The van der Waals surface area contributed by atoms with E-state index in [-0.39, 0.29) is 26.6 Å².